The van der Waals surface area contributed by atoms with Gasteiger partial charge in [-0.15, -0.1) is 0 Å². The molecule has 1 N–H and O–H groups in total. The highest BCUT2D eigenvalue weighted by Crippen LogP contribution is 2.53. The number of alkyl halides is 3. The summed E-state index contributed by atoms with van der Waals surface area (Å²) in [5.74, 6) is 0.363. The number of urea groups is 1. The standard InChI is InChI=1S/C23H25F3N4O2/c24-23(25,26)18-7-15(3-4-17(18)10-27)6-16-8-21(9-16)11-29(12-21)20(32)30-13-22(14-30)5-1-2-19(31)28-22/h3-4,7,16H,1-2,5-6,8-9,11-14H2,(H,28,31). The minimum Gasteiger partial charge on any atom is -0.347 e. The summed E-state index contributed by atoms with van der Waals surface area (Å²) in [5, 5.41) is 12.0. The molecule has 1 aliphatic carbocycles. The van der Waals surface area contributed by atoms with Gasteiger partial charge in [0.1, 0.15) is 0 Å². The number of carbonyl (C=O) groups excluding carboxylic acids is 2. The van der Waals surface area contributed by atoms with E-state index < -0.39 is 11.7 Å². The number of nitrogens with zero attached hydrogens (tertiary/aromatic N) is 3. The van der Waals surface area contributed by atoms with Gasteiger partial charge >= 0.3 is 12.2 Å². The van der Waals surface area contributed by atoms with Gasteiger partial charge in [0.25, 0.3) is 0 Å². The number of rotatable bonds is 2. The van der Waals surface area contributed by atoms with Gasteiger partial charge in [0.15, 0.2) is 0 Å². The Morgan fingerprint density at radius 1 is 1.19 bits per heavy atom. The fourth-order valence-corrected chi connectivity index (χ4v) is 6.11. The highest BCUT2D eigenvalue weighted by Gasteiger charge is 2.56. The Morgan fingerprint density at radius 3 is 2.50 bits per heavy atom. The van der Waals surface area contributed by atoms with Crippen LogP contribution in [0.1, 0.15) is 48.8 Å². The van der Waals surface area contributed by atoms with Crippen LogP contribution in [0.2, 0.25) is 0 Å². The second-order valence-corrected chi connectivity index (χ2v) is 10.1. The molecular weight excluding hydrogens is 421 g/mol. The molecule has 3 saturated heterocycles. The summed E-state index contributed by atoms with van der Waals surface area (Å²) in [5.41, 5.74) is -0.746. The summed E-state index contributed by atoms with van der Waals surface area (Å²) in [6.07, 6.45) is 0.165. The first-order valence-corrected chi connectivity index (χ1v) is 11.1. The molecule has 6 nitrogen and oxygen atoms in total. The molecule has 4 fully saturated rings. The summed E-state index contributed by atoms with van der Waals surface area (Å²) in [7, 11) is 0. The van der Waals surface area contributed by atoms with Crippen LogP contribution in [0.15, 0.2) is 18.2 Å². The maximum Gasteiger partial charge on any atom is 0.417 e. The van der Waals surface area contributed by atoms with Crippen LogP contribution in [0.3, 0.4) is 0 Å². The molecule has 0 radical (unpaired) electrons. The van der Waals surface area contributed by atoms with Crippen LogP contribution < -0.4 is 5.32 Å². The molecule has 0 unspecified atom stereocenters. The summed E-state index contributed by atoms with van der Waals surface area (Å²) in [6.45, 7) is 2.53. The van der Waals surface area contributed by atoms with E-state index in [1.54, 1.807) is 17.0 Å². The number of nitrogens with one attached hydrogen (secondary N) is 1. The lowest BCUT2D eigenvalue weighted by Crippen LogP contribution is -2.75. The minimum atomic E-state index is -4.54. The van der Waals surface area contributed by atoms with E-state index in [0.29, 0.717) is 50.5 Å². The summed E-state index contributed by atoms with van der Waals surface area (Å²) < 4.78 is 39.5. The van der Waals surface area contributed by atoms with E-state index in [2.05, 4.69) is 5.32 Å². The Morgan fingerprint density at radius 2 is 1.88 bits per heavy atom. The average molecular weight is 446 g/mol. The van der Waals surface area contributed by atoms with Crippen molar-refractivity contribution in [3.8, 4) is 6.07 Å². The zero-order valence-corrected chi connectivity index (χ0v) is 17.7. The van der Waals surface area contributed by atoms with Crippen molar-refractivity contribution < 1.29 is 22.8 Å². The van der Waals surface area contributed by atoms with Gasteiger partial charge < -0.3 is 15.1 Å². The maximum absolute atomic E-state index is 13.2. The van der Waals surface area contributed by atoms with Crippen LogP contribution in [-0.2, 0) is 17.4 Å². The molecular formula is C23H25F3N4O2. The first-order chi connectivity index (χ1) is 15.1. The molecule has 0 aromatic heterocycles. The number of amides is 3. The third-order valence-electron chi connectivity index (χ3n) is 7.52. The average Bonchev–Trinajstić information content (AvgIpc) is 2.65. The van der Waals surface area contributed by atoms with Gasteiger partial charge in [-0.2, -0.15) is 18.4 Å². The van der Waals surface area contributed by atoms with Crippen molar-refractivity contribution in [3.05, 3.63) is 34.9 Å². The molecule has 0 bridgehead atoms. The van der Waals surface area contributed by atoms with E-state index in [-0.39, 0.29) is 28.5 Å². The van der Waals surface area contributed by atoms with Crippen LogP contribution in [0.4, 0.5) is 18.0 Å². The maximum atomic E-state index is 13.2. The molecule has 170 valence electrons. The number of likely N-dealkylation sites (tertiary alicyclic amines) is 2. The Balaban J connectivity index is 1.10. The number of halogens is 3. The second-order valence-electron chi connectivity index (χ2n) is 10.1. The van der Waals surface area contributed by atoms with Gasteiger partial charge in [-0.1, -0.05) is 6.07 Å². The van der Waals surface area contributed by atoms with Gasteiger partial charge in [0, 0.05) is 38.0 Å². The molecule has 4 aliphatic rings. The van der Waals surface area contributed by atoms with E-state index in [0.717, 1.165) is 31.7 Å². The number of piperidine rings is 1. The predicted molar refractivity (Wildman–Crippen MR) is 108 cm³/mol. The van der Waals surface area contributed by atoms with Crippen LogP contribution in [-0.4, -0.2) is 53.5 Å². The lowest BCUT2D eigenvalue weighted by atomic mass is 9.56. The second kappa shape index (κ2) is 7.12. The van der Waals surface area contributed by atoms with Gasteiger partial charge in [-0.3, -0.25) is 4.79 Å². The topological polar surface area (TPSA) is 76.4 Å². The molecule has 1 saturated carbocycles. The Kier molecular flexibility index (Phi) is 4.70. The first kappa shape index (κ1) is 21.1. The number of benzene rings is 1. The number of hydrogen-bond donors (Lipinski definition) is 1. The van der Waals surface area contributed by atoms with Crippen molar-refractivity contribution in [1.82, 2.24) is 15.1 Å². The molecule has 3 aliphatic heterocycles. The number of hydrogen-bond acceptors (Lipinski definition) is 3. The van der Waals surface area contributed by atoms with Crippen molar-refractivity contribution in [3.63, 3.8) is 0 Å². The number of nitriles is 1. The van der Waals surface area contributed by atoms with Crippen molar-refractivity contribution in [1.29, 1.82) is 5.26 Å². The van der Waals surface area contributed by atoms with Crippen molar-refractivity contribution in [2.75, 3.05) is 26.2 Å². The summed E-state index contributed by atoms with van der Waals surface area (Å²) in [6, 6.07) is 5.60. The fourth-order valence-electron chi connectivity index (χ4n) is 6.11. The lowest BCUT2D eigenvalue weighted by Gasteiger charge is -2.61. The van der Waals surface area contributed by atoms with Crippen LogP contribution in [0, 0.1) is 22.7 Å². The SMILES string of the molecule is N#Cc1ccc(CC2CC3(C2)CN(C(=O)N2CC4(CCCC(=O)N4)C2)C3)cc1C(F)(F)F. The van der Waals surface area contributed by atoms with E-state index in [9.17, 15) is 22.8 Å². The highest BCUT2D eigenvalue weighted by atomic mass is 19.4. The van der Waals surface area contributed by atoms with Crippen LogP contribution in [0.25, 0.3) is 0 Å². The van der Waals surface area contributed by atoms with Crippen molar-refractivity contribution in [2.24, 2.45) is 11.3 Å². The smallest absolute Gasteiger partial charge is 0.347 e. The first-order valence-electron chi connectivity index (χ1n) is 11.1. The zero-order chi connectivity index (χ0) is 22.7. The molecule has 5 rings (SSSR count). The quantitative estimate of drug-likeness (QED) is 0.757. The largest absolute Gasteiger partial charge is 0.417 e. The van der Waals surface area contributed by atoms with Crippen molar-refractivity contribution in [2.45, 2.75) is 50.2 Å². The normalized spacial score (nSPS) is 23.8. The molecule has 3 heterocycles. The zero-order valence-electron chi connectivity index (χ0n) is 17.7. The Labute approximate surface area is 184 Å². The third kappa shape index (κ3) is 3.59. The van der Waals surface area contributed by atoms with E-state index in [1.165, 1.54) is 6.07 Å². The van der Waals surface area contributed by atoms with Gasteiger partial charge in [-0.05, 0) is 55.7 Å². The van der Waals surface area contributed by atoms with E-state index >= 15 is 0 Å². The molecule has 1 aromatic carbocycles. The van der Waals surface area contributed by atoms with Crippen LogP contribution in [0.5, 0.6) is 0 Å². The summed E-state index contributed by atoms with van der Waals surface area (Å²) in [4.78, 5) is 28.0. The molecule has 32 heavy (non-hydrogen) atoms. The van der Waals surface area contributed by atoms with Gasteiger partial charge in [-0.25, -0.2) is 4.79 Å². The monoisotopic (exact) mass is 446 g/mol. The van der Waals surface area contributed by atoms with Crippen LogP contribution >= 0.6 is 0 Å². The molecule has 9 heteroatoms. The molecule has 3 amide bonds. The van der Waals surface area contributed by atoms with Crippen molar-refractivity contribution >= 4 is 11.9 Å². The van der Waals surface area contributed by atoms with Gasteiger partial charge in [0.05, 0.1) is 22.7 Å². The minimum absolute atomic E-state index is 0.0198. The van der Waals surface area contributed by atoms with Gasteiger partial charge in [0.2, 0.25) is 5.91 Å². The molecule has 0 atom stereocenters. The van der Waals surface area contributed by atoms with E-state index in [1.807, 2.05) is 4.90 Å². The molecule has 1 aromatic rings. The highest BCUT2D eigenvalue weighted by molar-refractivity contribution is 5.80. The Hall–Kier alpha value is -2.76. The lowest BCUT2D eigenvalue weighted by molar-refractivity contribution is -0.138. The molecule has 2 spiro atoms. The fraction of sp³-hybridized carbons (Fsp3) is 0.609. The Bertz CT molecular complexity index is 995. The number of carbonyl (C=O) groups is 2. The van der Waals surface area contributed by atoms with E-state index in [4.69, 9.17) is 5.26 Å². The third-order valence-corrected chi connectivity index (χ3v) is 7.52. The summed E-state index contributed by atoms with van der Waals surface area (Å²) >= 11 is 0. The predicted octanol–water partition coefficient (Wildman–Crippen LogP) is 3.31.